The second kappa shape index (κ2) is 9.29. The molecule has 2 saturated heterocycles. The fourth-order valence-electron chi connectivity index (χ4n) is 4.52. The van der Waals surface area contributed by atoms with Crippen molar-refractivity contribution in [2.24, 2.45) is 0 Å². The van der Waals surface area contributed by atoms with Crippen molar-refractivity contribution in [1.29, 1.82) is 0 Å². The van der Waals surface area contributed by atoms with E-state index in [-0.39, 0.29) is 18.6 Å². The van der Waals surface area contributed by atoms with Crippen LogP contribution < -0.4 is 14.4 Å². The number of likely N-dealkylation sites (tertiary alicyclic amines) is 1. The molecule has 180 valence electrons. The lowest BCUT2D eigenvalue weighted by Gasteiger charge is -2.22. The molecule has 0 bridgehead atoms. The topological polar surface area (TPSA) is 81.2 Å². The number of pyridine rings is 1. The average molecular weight is 474 g/mol. The highest BCUT2D eigenvalue weighted by atomic mass is 16.6. The van der Waals surface area contributed by atoms with E-state index in [1.165, 1.54) is 0 Å². The highest BCUT2D eigenvalue weighted by Crippen LogP contribution is 2.36. The molecule has 2 amide bonds. The lowest BCUT2D eigenvalue weighted by atomic mass is 10.0. The normalized spacial score (nSPS) is 19.2. The Balaban J connectivity index is 1.29. The van der Waals surface area contributed by atoms with Crippen molar-refractivity contribution in [3.63, 3.8) is 0 Å². The maximum absolute atomic E-state index is 13.3. The van der Waals surface area contributed by atoms with Crippen LogP contribution in [0.4, 0.5) is 10.5 Å². The van der Waals surface area contributed by atoms with Crippen LogP contribution in [0.15, 0.2) is 66.9 Å². The van der Waals surface area contributed by atoms with Gasteiger partial charge in [-0.2, -0.15) is 0 Å². The Kier molecular flexibility index (Phi) is 6.03. The fraction of sp³-hybridized carbons (Fsp3) is 0.296. The minimum Gasteiger partial charge on any atom is -0.493 e. The van der Waals surface area contributed by atoms with Crippen molar-refractivity contribution in [2.75, 3.05) is 31.6 Å². The number of benzene rings is 2. The van der Waals surface area contributed by atoms with E-state index in [0.717, 1.165) is 16.9 Å². The molecule has 2 aliphatic heterocycles. The Bertz CT molecular complexity index is 1230. The third-order valence-electron chi connectivity index (χ3n) is 6.43. The van der Waals surface area contributed by atoms with Crippen LogP contribution in [0, 0.1) is 6.92 Å². The van der Waals surface area contributed by atoms with Gasteiger partial charge in [-0.25, -0.2) is 4.79 Å². The number of carbonyl (C=O) groups excluding carboxylic acids is 2. The molecule has 5 rings (SSSR count). The number of amides is 2. The highest BCUT2D eigenvalue weighted by molar-refractivity contribution is 5.96. The first-order valence-corrected chi connectivity index (χ1v) is 11.5. The van der Waals surface area contributed by atoms with Gasteiger partial charge in [-0.1, -0.05) is 23.8 Å². The van der Waals surface area contributed by atoms with Gasteiger partial charge in [0, 0.05) is 30.4 Å². The van der Waals surface area contributed by atoms with Crippen molar-refractivity contribution in [2.45, 2.75) is 25.6 Å². The number of anilines is 1. The van der Waals surface area contributed by atoms with Crippen LogP contribution in [0.3, 0.4) is 0 Å². The average Bonchev–Trinajstić information content (AvgIpc) is 3.45. The SMILES string of the molecule is COc1ccc(C(=O)N2CC[C@]3(C2)CN(c2ccc(C)cc2)C(=O)O3)cc1OCc1ccccn1. The number of methoxy groups -OCH3 is 1. The predicted molar refractivity (Wildman–Crippen MR) is 130 cm³/mol. The van der Waals surface area contributed by atoms with E-state index < -0.39 is 5.60 Å². The molecule has 1 atom stereocenters. The molecule has 0 saturated carbocycles. The molecule has 2 aliphatic rings. The Morgan fingerprint density at radius 3 is 2.66 bits per heavy atom. The van der Waals surface area contributed by atoms with E-state index in [4.69, 9.17) is 14.2 Å². The first-order chi connectivity index (χ1) is 17.0. The van der Waals surface area contributed by atoms with E-state index in [9.17, 15) is 9.59 Å². The molecular weight excluding hydrogens is 446 g/mol. The summed E-state index contributed by atoms with van der Waals surface area (Å²) < 4.78 is 17.1. The second-order valence-corrected chi connectivity index (χ2v) is 8.92. The summed E-state index contributed by atoms with van der Waals surface area (Å²) in [6.45, 7) is 3.52. The molecule has 2 fully saturated rings. The summed E-state index contributed by atoms with van der Waals surface area (Å²) in [5.74, 6) is 0.863. The zero-order valence-corrected chi connectivity index (χ0v) is 19.8. The monoisotopic (exact) mass is 473 g/mol. The molecule has 1 spiro atoms. The molecule has 0 aliphatic carbocycles. The van der Waals surface area contributed by atoms with E-state index in [0.29, 0.717) is 43.1 Å². The van der Waals surface area contributed by atoms with Gasteiger partial charge in [-0.15, -0.1) is 0 Å². The molecule has 8 nitrogen and oxygen atoms in total. The number of rotatable bonds is 6. The molecule has 3 heterocycles. The largest absolute Gasteiger partial charge is 0.493 e. The van der Waals surface area contributed by atoms with E-state index in [1.807, 2.05) is 49.4 Å². The lowest BCUT2D eigenvalue weighted by molar-refractivity contribution is 0.0553. The van der Waals surface area contributed by atoms with Gasteiger partial charge in [-0.05, 0) is 49.4 Å². The van der Waals surface area contributed by atoms with E-state index in [2.05, 4.69) is 4.98 Å². The standard InChI is InChI=1S/C27H27N3O5/c1-19-6-9-22(10-7-19)30-18-27(35-26(30)32)12-14-29(17-27)25(31)20-8-11-23(33-2)24(15-20)34-16-21-5-3-4-13-28-21/h3-11,13,15H,12,14,16-18H2,1-2H3/t27-/m0/s1. The minimum atomic E-state index is -0.706. The van der Waals surface area contributed by atoms with Gasteiger partial charge in [-0.3, -0.25) is 14.7 Å². The molecule has 2 aromatic carbocycles. The third kappa shape index (κ3) is 4.64. The van der Waals surface area contributed by atoms with Gasteiger partial charge in [0.05, 0.1) is 25.9 Å². The number of aryl methyl sites for hydroxylation is 1. The quantitative estimate of drug-likeness (QED) is 0.533. The summed E-state index contributed by atoms with van der Waals surface area (Å²) in [7, 11) is 1.56. The molecule has 8 heteroatoms. The molecule has 0 N–H and O–H groups in total. The smallest absolute Gasteiger partial charge is 0.415 e. The maximum Gasteiger partial charge on any atom is 0.415 e. The Hall–Kier alpha value is -4.07. The van der Waals surface area contributed by atoms with Gasteiger partial charge in [0.1, 0.15) is 6.61 Å². The summed E-state index contributed by atoms with van der Waals surface area (Å²) in [6.07, 6.45) is 1.92. The Morgan fingerprint density at radius 2 is 1.91 bits per heavy atom. The molecule has 0 unspecified atom stereocenters. The van der Waals surface area contributed by atoms with Gasteiger partial charge in [0.25, 0.3) is 5.91 Å². The summed E-state index contributed by atoms with van der Waals surface area (Å²) in [6, 6.07) is 18.5. The van der Waals surface area contributed by atoms with Crippen LogP contribution in [0.1, 0.15) is 28.0 Å². The maximum atomic E-state index is 13.3. The van der Waals surface area contributed by atoms with E-state index in [1.54, 1.807) is 41.3 Å². The molecule has 0 radical (unpaired) electrons. The van der Waals surface area contributed by atoms with Crippen LogP contribution in [-0.4, -0.2) is 54.2 Å². The zero-order chi connectivity index (χ0) is 24.4. The lowest BCUT2D eigenvalue weighted by Crippen LogP contribution is -2.39. The summed E-state index contributed by atoms with van der Waals surface area (Å²) >= 11 is 0. The van der Waals surface area contributed by atoms with Crippen LogP contribution in [-0.2, 0) is 11.3 Å². The number of nitrogens with zero attached hydrogens (tertiary/aromatic N) is 3. The zero-order valence-electron chi connectivity index (χ0n) is 19.8. The van der Waals surface area contributed by atoms with Crippen LogP contribution >= 0.6 is 0 Å². The number of ether oxygens (including phenoxy) is 3. The van der Waals surface area contributed by atoms with Crippen molar-refractivity contribution < 1.29 is 23.8 Å². The van der Waals surface area contributed by atoms with Crippen molar-refractivity contribution in [3.8, 4) is 11.5 Å². The third-order valence-corrected chi connectivity index (χ3v) is 6.43. The number of hydrogen-bond acceptors (Lipinski definition) is 6. The van der Waals surface area contributed by atoms with Gasteiger partial charge in [0.2, 0.25) is 0 Å². The second-order valence-electron chi connectivity index (χ2n) is 8.92. The summed E-state index contributed by atoms with van der Waals surface area (Å²) in [5.41, 5.74) is 2.47. The van der Waals surface area contributed by atoms with Crippen LogP contribution in [0.25, 0.3) is 0 Å². The van der Waals surface area contributed by atoms with Crippen LogP contribution in [0.5, 0.6) is 11.5 Å². The van der Waals surface area contributed by atoms with Gasteiger partial charge >= 0.3 is 6.09 Å². The first-order valence-electron chi connectivity index (χ1n) is 11.5. The fourth-order valence-corrected chi connectivity index (χ4v) is 4.52. The van der Waals surface area contributed by atoms with Gasteiger partial charge in [0.15, 0.2) is 17.1 Å². The summed E-state index contributed by atoms with van der Waals surface area (Å²) in [5, 5.41) is 0. The van der Waals surface area contributed by atoms with Crippen molar-refractivity contribution in [1.82, 2.24) is 9.88 Å². The Labute approximate surface area is 204 Å². The van der Waals surface area contributed by atoms with Crippen LogP contribution in [0.2, 0.25) is 0 Å². The first kappa shape index (κ1) is 22.7. The van der Waals surface area contributed by atoms with E-state index >= 15 is 0 Å². The molecule has 3 aromatic rings. The molecule has 1 aromatic heterocycles. The van der Waals surface area contributed by atoms with Crippen molar-refractivity contribution >= 4 is 17.7 Å². The highest BCUT2D eigenvalue weighted by Gasteiger charge is 2.51. The predicted octanol–water partition coefficient (Wildman–Crippen LogP) is 4.22. The Morgan fingerprint density at radius 1 is 1.09 bits per heavy atom. The van der Waals surface area contributed by atoms with Gasteiger partial charge < -0.3 is 19.1 Å². The molecular formula is C27H27N3O5. The molecule has 35 heavy (non-hydrogen) atoms. The summed E-state index contributed by atoms with van der Waals surface area (Å²) in [4.78, 5) is 33.6. The van der Waals surface area contributed by atoms with Crippen molar-refractivity contribution in [3.05, 3.63) is 83.7 Å². The number of hydrogen-bond donors (Lipinski definition) is 0. The number of carbonyl (C=O) groups is 2. The minimum absolute atomic E-state index is 0.142. The number of aromatic nitrogens is 1.